The van der Waals surface area contributed by atoms with Crippen LogP contribution in [0.2, 0.25) is 0 Å². The van der Waals surface area contributed by atoms with Gasteiger partial charge in [0.25, 0.3) is 5.91 Å². The van der Waals surface area contributed by atoms with Gasteiger partial charge in [-0.05, 0) is 38.8 Å². The molecule has 7 nitrogen and oxygen atoms in total. The second-order valence-corrected chi connectivity index (χ2v) is 6.18. The number of carbonyl (C=O) groups is 1. The minimum absolute atomic E-state index is 0. The second kappa shape index (κ2) is 9.20. The van der Waals surface area contributed by atoms with Gasteiger partial charge in [-0.2, -0.15) is 0 Å². The third kappa shape index (κ3) is 4.89. The van der Waals surface area contributed by atoms with Crippen LogP contribution in [-0.4, -0.2) is 53.7 Å². The number of carbonyl (C=O) groups excluding carboxylic acids is 1. The molecule has 132 valence electrons. The minimum Gasteiger partial charge on any atom is -0.379 e. The summed E-state index contributed by atoms with van der Waals surface area (Å²) < 4.78 is 7.26. The lowest BCUT2D eigenvalue weighted by molar-refractivity contribution is 0.0603. The van der Waals surface area contributed by atoms with Crippen molar-refractivity contribution in [3.63, 3.8) is 0 Å². The minimum atomic E-state index is -0.180. The van der Waals surface area contributed by atoms with Gasteiger partial charge >= 0.3 is 0 Å². The molecule has 1 unspecified atom stereocenters. The van der Waals surface area contributed by atoms with E-state index >= 15 is 0 Å². The Morgan fingerprint density at radius 3 is 2.65 bits per heavy atom. The van der Waals surface area contributed by atoms with Gasteiger partial charge < -0.3 is 15.4 Å². The van der Waals surface area contributed by atoms with E-state index < -0.39 is 0 Å². The average Bonchev–Trinajstić information content (AvgIpc) is 2.90. The van der Waals surface area contributed by atoms with Gasteiger partial charge in [-0.3, -0.25) is 4.79 Å². The van der Waals surface area contributed by atoms with E-state index in [0.29, 0.717) is 24.2 Å². The summed E-state index contributed by atoms with van der Waals surface area (Å²) in [6.45, 7) is 8.49. The Hall–Kier alpha value is -1.18. The van der Waals surface area contributed by atoms with Crippen LogP contribution in [0.25, 0.3) is 0 Å². The Morgan fingerprint density at radius 2 is 2.09 bits per heavy atom. The van der Waals surface area contributed by atoms with E-state index in [9.17, 15) is 4.79 Å². The maximum Gasteiger partial charge on any atom is 0.273 e. The molecule has 1 aliphatic rings. The van der Waals surface area contributed by atoms with Crippen molar-refractivity contribution in [3.05, 3.63) is 11.4 Å². The first-order valence-corrected chi connectivity index (χ1v) is 7.98. The lowest BCUT2D eigenvalue weighted by Crippen LogP contribution is -2.36. The van der Waals surface area contributed by atoms with E-state index in [-0.39, 0.29) is 24.4 Å². The van der Waals surface area contributed by atoms with Gasteiger partial charge in [0, 0.05) is 13.7 Å². The summed E-state index contributed by atoms with van der Waals surface area (Å²) in [6.07, 6.45) is 2.04. The van der Waals surface area contributed by atoms with Crippen LogP contribution in [0.1, 0.15) is 48.9 Å². The molecule has 1 amide bonds. The van der Waals surface area contributed by atoms with Crippen LogP contribution in [0.15, 0.2) is 0 Å². The molecule has 0 radical (unpaired) electrons. The average molecular weight is 346 g/mol. The highest BCUT2D eigenvalue weighted by atomic mass is 35.5. The second-order valence-electron chi connectivity index (χ2n) is 6.18. The van der Waals surface area contributed by atoms with Crippen molar-refractivity contribution in [1.29, 1.82) is 0 Å². The molecule has 1 fully saturated rings. The third-order valence-corrected chi connectivity index (χ3v) is 4.31. The van der Waals surface area contributed by atoms with Crippen molar-refractivity contribution >= 4 is 18.3 Å². The molecule has 1 atom stereocenters. The smallest absolute Gasteiger partial charge is 0.273 e. The number of halogens is 1. The van der Waals surface area contributed by atoms with Gasteiger partial charge in [-0.1, -0.05) is 19.1 Å². The monoisotopic (exact) mass is 345 g/mol. The molecule has 2 rings (SSSR count). The number of methoxy groups -OCH3 is 1. The van der Waals surface area contributed by atoms with Gasteiger partial charge in [-0.15, -0.1) is 17.5 Å². The zero-order chi connectivity index (χ0) is 16.1. The summed E-state index contributed by atoms with van der Waals surface area (Å²) in [6, 6.07) is 0.331. The summed E-state index contributed by atoms with van der Waals surface area (Å²) in [7, 11) is 1.66. The summed E-state index contributed by atoms with van der Waals surface area (Å²) in [4.78, 5) is 12.3. The summed E-state index contributed by atoms with van der Waals surface area (Å²) >= 11 is 0. The van der Waals surface area contributed by atoms with Crippen LogP contribution < -0.4 is 10.6 Å². The van der Waals surface area contributed by atoms with Crippen LogP contribution in [0.4, 0.5) is 0 Å². The maximum atomic E-state index is 12.3. The first-order valence-electron chi connectivity index (χ1n) is 7.98. The molecule has 0 saturated carbocycles. The number of amides is 1. The quantitative estimate of drug-likeness (QED) is 0.813. The summed E-state index contributed by atoms with van der Waals surface area (Å²) in [5, 5.41) is 14.5. The van der Waals surface area contributed by atoms with E-state index in [1.165, 1.54) is 0 Å². The first-order chi connectivity index (χ1) is 10.5. The number of hydrogen-bond donors (Lipinski definition) is 2. The number of aromatic nitrogens is 3. The highest BCUT2D eigenvalue weighted by molar-refractivity contribution is 5.93. The fourth-order valence-corrected chi connectivity index (χ4v) is 2.82. The fourth-order valence-electron chi connectivity index (χ4n) is 2.82. The standard InChI is InChI=1S/C15H27N5O2.ClH/c1-10(2)13(22-4)9-17-15(21)14-11(3)20(19-18-14)12-5-7-16-8-6-12;/h10,12-13,16H,5-9H2,1-4H3,(H,17,21);1H. The number of hydrogen-bond acceptors (Lipinski definition) is 5. The van der Waals surface area contributed by atoms with Crippen molar-refractivity contribution < 1.29 is 9.53 Å². The van der Waals surface area contributed by atoms with Crippen LogP contribution >= 0.6 is 12.4 Å². The Bertz CT molecular complexity index is 500. The molecule has 0 spiro atoms. The highest BCUT2D eigenvalue weighted by Gasteiger charge is 2.23. The molecule has 8 heteroatoms. The largest absolute Gasteiger partial charge is 0.379 e. The van der Waals surface area contributed by atoms with Gasteiger partial charge in [0.15, 0.2) is 5.69 Å². The van der Waals surface area contributed by atoms with Gasteiger partial charge in [0.2, 0.25) is 0 Å². The van der Waals surface area contributed by atoms with Crippen LogP contribution in [0.3, 0.4) is 0 Å². The van der Waals surface area contributed by atoms with E-state index in [2.05, 4.69) is 34.8 Å². The fraction of sp³-hybridized carbons (Fsp3) is 0.800. The van der Waals surface area contributed by atoms with E-state index in [4.69, 9.17) is 4.74 Å². The molecule has 23 heavy (non-hydrogen) atoms. The van der Waals surface area contributed by atoms with Crippen LogP contribution in [0.5, 0.6) is 0 Å². The molecule has 2 N–H and O–H groups in total. The molecule has 0 aromatic carbocycles. The summed E-state index contributed by atoms with van der Waals surface area (Å²) in [5.41, 5.74) is 1.25. The highest BCUT2D eigenvalue weighted by Crippen LogP contribution is 2.20. The Labute approximate surface area is 143 Å². The topological polar surface area (TPSA) is 81.1 Å². The van der Waals surface area contributed by atoms with E-state index in [0.717, 1.165) is 31.6 Å². The van der Waals surface area contributed by atoms with E-state index in [1.807, 2.05) is 11.6 Å². The number of piperidine rings is 1. The molecule has 0 aliphatic carbocycles. The van der Waals surface area contributed by atoms with Crippen molar-refractivity contribution in [3.8, 4) is 0 Å². The van der Waals surface area contributed by atoms with Crippen molar-refractivity contribution in [2.75, 3.05) is 26.7 Å². The van der Waals surface area contributed by atoms with Crippen molar-refractivity contribution in [2.24, 2.45) is 5.92 Å². The predicted octanol–water partition coefficient (Wildman–Crippen LogP) is 1.33. The Balaban J connectivity index is 0.00000264. The predicted molar refractivity (Wildman–Crippen MR) is 91.1 cm³/mol. The lowest BCUT2D eigenvalue weighted by atomic mass is 10.1. The molecule has 1 aromatic rings. The molecule has 1 aromatic heterocycles. The van der Waals surface area contributed by atoms with E-state index in [1.54, 1.807) is 7.11 Å². The molecule has 1 saturated heterocycles. The zero-order valence-electron chi connectivity index (χ0n) is 14.3. The lowest BCUT2D eigenvalue weighted by Gasteiger charge is -2.23. The van der Waals surface area contributed by atoms with Gasteiger partial charge in [0.05, 0.1) is 17.8 Å². The molecule has 1 aliphatic heterocycles. The first kappa shape index (κ1) is 19.9. The molecule has 0 bridgehead atoms. The Kier molecular flexibility index (Phi) is 7.94. The normalized spacial score (nSPS) is 16.9. The molecular weight excluding hydrogens is 318 g/mol. The number of rotatable bonds is 6. The SMILES string of the molecule is COC(CNC(=O)c1nnn(C2CCNCC2)c1C)C(C)C.Cl. The van der Waals surface area contributed by atoms with Gasteiger partial charge in [0.1, 0.15) is 0 Å². The van der Waals surface area contributed by atoms with Gasteiger partial charge in [-0.25, -0.2) is 4.68 Å². The third-order valence-electron chi connectivity index (χ3n) is 4.31. The zero-order valence-corrected chi connectivity index (χ0v) is 15.2. The molecular formula is C15H28ClN5O2. The molecule has 2 heterocycles. The van der Waals surface area contributed by atoms with Crippen molar-refractivity contribution in [1.82, 2.24) is 25.6 Å². The van der Waals surface area contributed by atoms with Crippen LogP contribution in [-0.2, 0) is 4.74 Å². The summed E-state index contributed by atoms with van der Waals surface area (Å²) in [5.74, 6) is 0.164. The Morgan fingerprint density at radius 1 is 1.43 bits per heavy atom. The number of ether oxygens (including phenoxy) is 1. The number of nitrogens with one attached hydrogen (secondary N) is 2. The van der Waals surface area contributed by atoms with Crippen LogP contribution in [0, 0.1) is 12.8 Å². The number of nitrogens with zero attached hydrogens (tertiary/aromatic N) is 3. The van der Waals surface area contributed by atoms with Crippen molar-refractivity contribution in [2.45, 2.75) is 45.8 Å². The maximum absolute atomic E-state index is 12.3.